The second-order valence-electron chi connectivity index (χ2n) is 4.13. The summed E-state index contributed by atoms with van der Waals surface area (Å²) in [7, 11) is 1.37. The number of rotatable bonds is 5. The average molecular weight is 256 g/mol. The van der Waals surface area contributed by atoms with E-state index in [1.54, 1.807) is 0 Å². The number of esters is 1. The van der Waals surface area contributed by atoms with Gasteiger partial charge in [-0.05, 0) is 17.7 Å². The van der Waals surface area contributed by atoms with E-state index in [0.717, 1.165) is 5.56 Å². The first kappa shape index (κ1) is 13.1. The molecule has 0 N–H and O–H groups in total. The number of para-hydroxylation sites is 1. The molecule has 0 heterocycles. The smallest absolute Gasteiger partial charge is 0.347 e. The van der Waals surface area contributed by atoms with E-state index in [4.69, 9.17) is 9.47 Å². The maximum Gasteiger partial charge on any atom is 0.347 e. The first-order valence-electron chi connectivity index (χ1n) is 6.13. The number of carbonyl (C=O) groups excluding carboxylic acids is 1. The first-order chi connectivity index (χ1) is 9.29. The van der Waals surface area contributed by atoms with E-state index in [0.29, 0.717) is 12.2 Å². The molecule has 2 rings (SSSR count). The van der Waals surface area contributed by atoms with Crippen LogP contribution < -0.4 is 4.74 Å². The zero-order valence-corrected chi connectivity index (χ0v) is 10.8. The van der Waals surface area contributed by atoms with Crippen LogP contribution in [0.1, 0.15) is 5.56 Å². The predicted octanol–water partition coefficient (Wildman–Crippen LogP) is 2.85. The lowest BCUT2D eigenvalue weighted by molar-refractivity contribution is -0.148. The minimum absolute atomic E-state index is 0.368. The number of benzene rings is 2. The van der Waals surface area contributed by atoms with Gasteiger partial charge in [-0.15, -0.1) is 0 Å². The van der Waals surface area contributed by atoms with E-state index in [1.807, 2.05) is 60.7 Å². The number of ether oxygens (including phenoxy) is 2. The van der Waals surface area contributed by atoms with Gasteiger partial charge in [0.05, 0.1) is 7.11 Å². The molecule has 0 fully saturated rings. The van der Waals surface area contributed by atoms with Gasteiger partial charge in [-0.2, -0.15) is 0 Å². The van der Waals surface area contributed by atoms with Gasteiger partial charge in [-0.1, -0.05) is 48.5 Å². The number of methoxy groups -OCH3 is 1. The standard InChI is InChI=1S/C16H16O3/c1-18-16(17)15(12-13-8-4-2-5-9-13)19-14-10-6-3-7-11-14/h2-11,15H,12H2,1H3/t15-/m0/s1. The third kappa shape index (κ3) is 3.85. The first-order valence-corrected chi connectivity index (χ1v) is 6.13. The highest BCUT2D eigenvalue weighted by molar-refractivity contribution is 5.75. The largest absolute Gasteiger partial charge is 0.478 e. The molecule has 3 nitrogen and oxygen atoms in total. The maximum absolute atomic E-state index is 11.8. The summed E-state index contributed by atoms with van der Waals surface area (Å²) in [5, 5.41) is 0. The normalized spacial score (nSPS) is 11.6. The Labute approximate surface area is 112 Å². The van der Waals surface area contributed by atoms with Crippen LogP contribution in [0.25, 0.3) is 0 Å². The van der Waals surface area contributed by atoms with Crippen LogP contribution >= 0.6 is 0 Å². The summed E-state index contributed by atoms with van der Waals surface area (Å²) < 4.78 is 10.5. The highest BCUT2D eigenvalue weighted by atomic mass is 16.6. The molecule has 0 aromatic heterocycles. The molecule has 3 heteroatoms. The Bertz CT molecular complexity index is 467. The second-order valence-corrected chi connectivity index (χ2v) is 4.13. The van der Waals surface area contributed by atoms with Gasteiger partial charge in [0, 0.05) is 6.42 Å². The van der Waals surface area contributed by atoms with Crippen LogP contribution in [0, 0.1) is 0 Å². The van der Waals surface area contributed by atoms with E-state index >= 15 is 0 Å². The van der Waals surface area contributed by atoms with E-state index < -0.39 is 6.10 Å². The molecular formula is C16H16O3. The number of hydrogen-bond donors (Lipinski definition) is 0. The maximum atomic E-state index is 11.8. The molecule has 0 aliphatic heterocycles. The second kappa shape index (κ2) is 6.59. The van der Waals surface area contributed by atoms with Crippen LogP contribution in [-0.4, -0.2) is 19.2 Å². The van der Waals surface area contributed by atoms with E-state index in [9.17, 15) is 4.79 Å². The third-order valence-electron chi connectivity index (χ3n) is 2.75. The minimum atomic E-state index is -0.630. The summed E-state index contributed by atoms with van der Waals surface area (Å²) in [6.45, 7) is 0. The highest BCUT2D eigenvalue weighted by Gasteiger charge is 2.21. The molecule has 0 aliphatic carbocycles. The molecule has 0 unspecified atom stereocenters. The summed E-state index contributed by atoms with van der Waals surface area (Å²) in [5.41, 5.74) is 1.04. The van der Waals surface area contributed by atoms with E-state index in [-0.39, 0.29) is 5.97 Å². The molecule has 2 aromatic rings. The Balaban J connectivity index is 2.10. The van der Waals surface area contributed by atoms with Crippen molar-refractivity contribution >= 4 is 5.97 Å². The van der Waals surface area contributed by atoms with Gasteiger partial charge in [0.1, 0.15) is 5.75 Å². The van der Waals surface area contributed by atoms with E-state index in [1.165, 1.54) is 7.11 Å². The number of carbonyl (C=O) groups is 1. The fourth-order valence-electron chi connectivity index (χ4n) is 1.80. The SMILES string of the molecule is COC(=O)[C@H](Cc1ccccc1)Oc1ccccc1. The Hall–Kier alpha value is -2.29. The minimum Gasteiger partial charge on any atom is -0.478 e. The topological polar surface area (TPSA) is 35.5 Å². The lowest BCUT2D eigenvalue weighted by atomic mass is 10.1. The lowest BCUT2D eigenvalue weighted by Crippen LogP contribution is -2.30. The van der Waals surface area contributed by atoms with Crippen molar-refractivity contribution in [2.75, 3.05) is 7.11 Å². The molecule has 0 amide bonds. The van der Waals surface area contributed by atoms with Gasteiger partial charge in [0.15, 0.2) is 6.10 Å². The fourth-order valence-corrected chi connectivity index (χ4v) is 1.80. The zero-order valence-electron chi connectivity index (χ0n) is 10.8. The molecule has 0 bridgehead atoms. The van der Waals surface area contributed by atoms with Crippen molar-refractivity contribution in [3.05, 3.63) is 66.2 Å². The molecule has 0 aliphatic rings. The van der Waals surface area contributed by atoms with Gasteiger partial charge in [-0.25, -0.2) is 4.79 Å². The van der Waals surface area contributed by atoms with Crippen LogP contribution in [-0.2, 0) is 16.0 Å². The Morgan fingerprint density at radius 1 is 1.00 bits per heavy atom. The van der Waals surface area contributed by atoms with Gasteiger partial charge < -0.3 is 9.47 Å². The van der Waals surface area contributed by atoms with Crippen molar-refractivity contribution in [1.82, 2.24) is 0 Å². The Kier molecular flexibility index (Phi) is 4.56. The van der Waals surface area contributed by atoms with Crippen molar-refractivity contribution in [3.63, 3.8) is 0 Å². The van der Waals surface area contributed by atoms with Crippen LogP contribution in [0.4, 0.5) is 0 Å². The van der Waals surface area contributed by atoms with Crippen LogP contribution in [0.15, 0.2) is 60.7 Å². The molecule has 0 spiro atoms. The van der Waals surface area contributed by atoms with Crippen LogP contribution in [0.5, 0.6) is 5.75 Å². The summed E-state index contributed by atoms with van der Waals surface area (Å²) in [4.78, 5) is 11.8. The predicted molar refractivity (Wildman–Crippen MR) is 73.0 cm³/mol. The molecule has 1 atom stereocenters. The van der Waals surface area contributed by atoms with Crippen molar-refractivity contribution in [1.29, 1.82) is 0 Å². The van der Waals surface area contributed by atoms with Gasteiger partial charge >= 0.3 is 5.97 Å². The quantitative estimate of drug-likeness (QED) is 0.772. The van der Waals surface area contributed by atoms with Gasteiger partial charge in [0.2, 0.25) is 0 Å². The molecule has 19 heavy (non-hydrogen) atoms. The average Bonchev–Trinajstić information content (AvgIpc) is 2.48. The van der Waals surface area contributed by atoms with Crippen molar-refractivity contribution < 1.29 is 14.3 Å². The summed E-state index contributed by atoms with van der Waals surface area (Å²) in [5.74, 6) is 0.293. The monoisotopic (exact) mass is 256 g/mol. The van der Waals surface area contributed by atoms with Crippen LogP contribution in [0.3, 0.4) is 0 Å². The van der Waals surface area contributed by atoms with E-state index in [2.05, 4.69) is 0 Å². The fraction of sp³-hybridized carbons (Fsp3) is 0.188. The molecule has 0 saturated carbocycles. The molecule has 0 radical (unpaired) electrons. The lowest BCUT2D eigenvalue weighted by Gasteiger charge is -2.17. The van der Waals surface area contributed by atoms with Crippen LogP contribution in [0.2, 0.25) is 0 Å². The number of hydrogen-bond acceptors (Lipinski definition) is 3. The van der Waals surface area contributed by atoms with Gasteiger partial charge in [-0.3, -0.25) is 0 Å². The molecule has 0 saturated heterocycles. The zero-order chi connectivity index (χ0) is 13.5. The summed E-state index contributed by atoms with van der Waals surface area (Å²) >= 11 is 0. The Morgan fingerprint density at radius 3 is 2.16 bits per heavy atom. The van der Waals surface area contributed by atoms with Crippen molar-refractivity contribution in [3.8, 4) is 5.75 Å². The molecular weight excluding hydrogens is 240 g/mol. The van der Waals surface area contributed by atoms with Gasteiger partial charge in [0.25, 0.3) is 0 Å². The molecule has 98 valence electrons. The van der Waals surface area contributed by atoms with Crippen molar-refractivity contribution in [2.24, 2.45) is 0 Å². The Morgan fingerprint density at radius 2 is 1.58 bits per heavy atom. The highest BCUT2D eigenvalue weighted by Crippen LogP contribution is 2.14. The third-order valence-corrected chi connectivity index (χ3v) is 2.75. The molecule has 2 aromatic carbocycles. The summed E-state index contributed by atoms with van der Waals surface area (Å²) in [6, 6.07) is 19.0. The van der Waals surface area contributed by atoms with Crippen molar-refractivity contribution in [2.45, 2.75) is 12.5 Å². The summed E-state index contributed by atoms with van der Waals surface area (Å²) in [6.07, 6.45) is -0.141.